The van der Waals surface area contributed by atoms with Gasteiger partial charge in [0.1, 0.15) is 0 Å². The van der Waals surface area contributed by atoms with Crippen LogP contribution in [-0.4, -0.2) is 19.0 Å². The maximum atomic E-state index is 12.5. The molecule has 2 aromatic rings. The van der Waals surface area contributed by atoms with Crippen LogP contribution >= 0.6 is 34.5 Å². The quantitative estimate of drug-likeness (QED) is 0.685. The molecule has 0 N–H and O–H groups in total. The van der Waals surface area contributed by atoms with Crippen molar-refractivity contribution in [1.82, 2.24) is 0 Å². The largest absolute Gasteiger partial charge is 0.490 e. The summed E-state index contributed by atoms with van der Waals surface area (Å²) in [4.78, 5) is 13.0. The molecule has 1 heterocycles. The van der Waals surface area contributed by atoms with Crippen LogP contribution < -0.4 is 9.47 Å². The summed E-state index contributed by atoms with van der Waals surface area (Å²) in [5.74, 6) is 0.807. The van der Waals surface area contributed by atoms with Gasteiger partial charge in [0.15, 0.2) is 11.5 Å². The number of benzene rings is 1. The Hall–Kier alpha value is -1.23. The predicted molar refractivity (Wildman–Crippen MR) is 86.6 cm³/mol. The molecule has 0 unspecified atom stereocenters. The van der Waals surface area contributed by atoms with E-state index in [-0.39, 0.29) is 5.78 Å². The van der Waals surface area contributed by atoms with Crippen molar-refractivity contribution in [3.8, 4) is 11.5 Å². The van der Waals surface area contributed by atoms with Crippen LogP contribution in [0, 0.1) is 0 Å². The molecular weight excluding hydrogens is 331 g/mol. The van der Waals surface area contributed by atoms with E-state index in [0.717, 1.165) is 0 Å². The van der Waals surface area contributed by atoms with Crippen molar-refractivity contribution >= 4 is 40.3 Å². The Bertz CT molecular complexity index is 652. The Morgan fingerprint density at radius 2 is 1.71 bits per heavy atom. The zero-order chi connectivity index (χ0) is 15.4. The molecule has 6 heteroatoms. The fourth-order valence-corrected chi connectivity index (χ4v) is 3.16. The van der Waals surface area contributed by atoms with Crippen molar-refractivity contribution in [2.24, 2.45) is 0 Å². The lowest BCUT2D eigenvalue weighted by molar-refractivity contribution is 0.104. The lowest BCUT2D eigenvalue weighted by Gasteiger charge is -2.13. The summed E-state index contributed by atoms with van der Waals surface area (Å²) in [6, 6.07) is 4.89. The van der Waals surface area contributed by atoms with Crippen LogP contribution in [0.25, 0.3) is 0 Å². The summed E-state index contributed by atoms with van der Waals surface area (Å²) >= 11 is 13.5. The lowest BCUT2D eigenvalue weighted by Crippen LogP contribution is -2.04. The molecule has 0 atom stereocenters. The Kier molecular flexibility index (Phi) is 5.51. The molecule has 0 aliphatic rings. The lowest BCUT2D eigenvalue weighted by atomic mass is 10.1. The Morgan fingerprint density at radius 3 is 2.24 bits per heavy atom. The van der Waals surface area contributed by atoms with Gasteiger partial charge in [0.25, 0.3) is 0 Å². The molecule has 1 aromatic heterocycles. The summed E-state index contributed by atoms with van der Waals surface area (Å²) in [5.41, 5.74) is 0.355. The van der Waals surface area contributed by atoms with Crippen molar-refractivity contribution in [3.63, 3.8) is 0 Å². The molecule has 0 aliphatic heterocycles. The van der Waals surface area contributed by atoms with E-state index in [0.29, 0.717) is 45.2 Å². The van der Waals surface area contributed by atoms with Gasteiger partial charge in [0.2, 0.25) is 5.78 Å². The van der Waals surface area contributed by atoms with E-state index in [1.807, 2.05) is 13.8 Å². The highest BCUT2D eigenvalue weighted by Gasteiger charge is 2.20. The monoisotopic (exact) mass is 344 g/mol. The average molecular weight is 345 g/mol. The highest BCUT2D eigenvalue weighted by Crippen LogP contribution is 2.36. The van der Waals surface area contributed by atoms with Crippen LogP contribution in [0.5, 0.6) is 11.5 Å². The highest BCUT2D eigenvalue weighted by atomic mass is 35.5. The minimum absolute atomic E-state index is 0.219. The average Bonchev–Trinajstić information content (AvgIpc) is 2.87. The van der Waals surface area contributed by atoms with Gasteiger partial charge < -0.3 is 9.47 Å². The van der Waals surface area contributed by atoms with Crippen LogP contribution in [0.15, 0.2) is 23.6 Å². The van der Waals surface area contributed by atoms with E-state index < -0.39 is 0 Å². The van der Waals surface area contributed by atoms with Crippen LogP contribution in [0.1, 0.15) is 29.1 Å². The third-order valence-corrected chi connectivity index (χ3v) is 4.35. The van der Waals surface area contributed by atoms with Gasteiger partial charge in [-0.2, -0.15) is 0 Å². The van der Waals surface area contributed by atoms with Gasteiger partial charge in [-0.05, 0) is 31.4 Å². The number of ether oxygens (including phenoxy) is 2. The van der Waals surface area contributed by atoms with Gasteiger partial charge in [-0.3, -0.25) is 4.79 Å². The van der Waals surface area contributed by atoms with Crippen molar-refractivity contribution in [1.29, 1.82) is 0 Å². The van der Waals surface area contributed by atoms with Gasteiger partial charge in [-0.25, -0.2) is 0 Å². The topological polar surface area (TPSA) is 35.5 Å². The molecule has 112 valence electrons. The minimum atomic E-state index is -0.219. The highest BCUT2D eigenvalue weighted by molar-refractivity contribution is 7.13. The van der Waals surface area contributed by atoms with Crippen molar-refractivity contribution in [2.75, 3.05) is 13.2 Å². The molecule has 2 rings (SSSR count). The fraction of sp³-hybridized carbons (Fsp3) is 0.267. The maximum absolute atomic E-state index is 12.5. The molecule has 0 saturated carbocycles. The third-order valence-electron chi connectivity index (χ3n) is 2.70. The van der Waals surface area contributed by atoms with Crippen molar-refractivity contribution < 1.29 is 14.3 Å². The molecule has 0 radical (unpaired) electrons. The summed E-state index contributed by atoms with van der Waals surface area (Å²) < 4.78 is 11.0. The Morgan fingerprint density at radius 1 is 1.10 bits per heavy atom. The second-order valence-corrected chi connectivity index (χ2v) is 5.80. The van der Waals surface area contributed by atoms with E-state index in [1.54, 1.807) is 23.6 Å². The first-order valence-corrected chi connectivity index (χ1v) is 8.08. The smallest absolute Gasteiger partial charge is 0.206 e. The van der Waals surface area contributed by atoms with Gasteiger partial charge in [0.05, 0.1) is 28.1 Å². The molecule has 0 bridgehead atoms. The van der Waals surface area contributed by atoms with Gasteiger partial charge >= 0.3 is 0 Å². The van der Waals surface area contributed by atoms with E-state index in [4.69, 9.17) is 32.7 Å². The molecule has 1 aromatic carbocycles. The van der Waals surface area contributed by atoms with Gasteiger partial charge in [-0.1, -0.05) is 23.2 Å². The fourth-order valence-electron chi connectivity index (χ4n) is 1.82. The predicted octanol–water partition coefficient (Wildman–Crippen LogP) is 5.08. The van der Waals surface area contributed by atoms with E-state index in [2.05, 4.69) is 0 Å². The molecule has 21 heavy (non-hydrogen) atoms. The van der Waals surface area contributed by atoms with Gasteiger partial charge in [0, 0.05) is 11.6 Å². The number of rotatable bonds is 6. The SMILES string of the molecule is CCOc1cc(Cl)c(C(=O)c2sccc2Cl)cc1OCC. The van der Waals surface area contributed by atoms with Crippen molar-refractivity contribution in [3.05, 3.63) is 44.1 Å². The van der Waals surface area contributed by atoms with Gasteiger partial charge in [-0.15, -0.1) is 11.3 Å². The van der Waals surface area contributed by atoms with Crippen LogP contribution in [0.4, 0.5) is 0 Å². The normalized spacial score (nSPS) is 10.5. The number of halogens is 2. The summed E-state index contributed by atoms with van der Waals surface area (Å²) in [6.07, 6.45) is 0. The van der Waals surface area contributed by atoms with E-state index in [9.17, 15) is 4.79 Å². The number of ketones is 1. The first-order chi connectivity index (χ1) is 10.1. The van der Waals surface area contributed by atoms with E-state index >= 15 is 0 Å². The number of hydrogen-bond acceptors (Lipinski definition) is 4. The molecule has 0 aliphatic carbocycles. The first kappa shape index (κ1) is 16.1. The standard InChI is InChI=1S/C15H14Cl2O3S/c1-3-19-12-7-9(11(17)8-13(12)20-4-2)14(18)15-10(16)5-6-21-15/h5-8H,3-4H2,1-2H3. The first-order valence-electron chi connectivity index (χ1n) is 6.45. The minimum Gasteiger partial charge on any atom is -0.490 e. The summed E-state index contributed by atoms with van der Waals surface area (Å²) in [7, 11) is 0. The van der Waals surface area contributed by atoms with Crippen LogP contribution in [0.2, 0.25) is 10.0 Å². The molecule has 0 fully saturated rings. The molecular formula is C15H14Cl2O3S. The molecule has 0 spiro atoms. The Balaban J connectivity index is 2.46. The number of thiophene rings is 1. The molecule has 0 saturated heterocycles. The van der Waals surface area contributed by atoms with Crippen LogP contribution in [-0.2, 0) is 0 Å². The zero-order valence-electron chi connectivity index (χ0n) is 11.6. The third kappa shape index (κ3) is 3.51. The number of carbonyl (C=O) groups is 1. The van der Waals surface area contributed by atoms with Crippen molar-refractivity contribution in [2.45, 2.75) is 13.8 Å². The summed E-state index contributed by atoms with van der Waals surface area (Å²) in [6.45, 7) is 4.69. The van der Waals surface area contributed by atoms with E-state index in [1.165, 1.54) is 11.3 Å². The van der Waals surface area contributed by atoms with Crippen LogP contribution in [0.3, 0.4) is 0 Å². The Labute approximate surface area is 137 Å². The second-order valence-electron chi connectivity index (χ2n) is 4.07. The summed E-state index contributed by atoms with van der Waals surface area (Å²) in [5, 5.41) is 2.51. The zero-order valence-corrected chi connectivity index (χ0v) is 13.9. The molecule has 0 amide bonds. The number of carbonyl (C=O) groups excluding carboxylic acids is 1. The maximum Gasteiger partial charge on any atom is 0.206 e. The number of hydrogen-bond donors (Lipinski definition) is 0. The molecule has 3 nitrogen and oxygen atoms in total. The second kappa shape index (κ2) is 7.16.